The zero-order valence-electron chi connectivity index (χ0n) is 10.2. The number of nitrogens with one attached hydrogen (secondary N) is 1. The van der Waals surface area contributed by atoms with Gasteiger partial charge in [-0.05, 0) is 12.8 Å². The Morgan fingerprint density at radius 3 is 2.76 bits per heavy atom. The summed E-state index contributed by atoms with van der Waals surface area (Å²) in [4.78, 5) is 0. The molecule has 0 spiro atoms. The minimum absolute atomic E-state index is 0.719. The molecule has 0 amide bonds. The molecule has 17 heavy (non-hydrogen) atoms. The molecule has 0 aromatic carbocycles. The molecule has 2 aromatic heterocycles. The summed E-state index contributed by atoms with van der Waals surface area (Å²) in [6.07, 6.45) is 8.56. The minimum atomic E-state index is 0.719. The summed E-state index contributed by atoms with van der Waals surface area (Å²) in [5.74, 6) is 0. The highest BCUT2D eigenvalue weighted by Crippen LogP contribution is 2.23. The molecule has 0 atom stereocenters. The lowest BCUT2D eigenvalue weighted by Crippen LogP contribution is -2.15. The smallest absolute Gasteiger partial charge is 0.0999 e. The molecule has 1 saturated carbocycles. The lowest BCUT2D eigenvalue weighted by molar-refractivity contribution is 0.687. The van der Waals surface area contributed by atoms with Crippen LogP contribution in [0, 0.1) is 0 Å². The third-order valence-corrected chi connectivity index (χ3v) is 3.04. The van der Waals surface area contributed by atoms with Gasteiger partial charge in [0.15, 0.2) is 0 Å². The summed E-state index contributed by atoms with van der Waals surface area (Å²) >= 11 is 0. The first-order valence-corrected chi connectivity index (χ1v) is 5.97. The highest BCUT2D eigenvalue weighted by atomic mass is 15.3. The molecule has 0 saturated heterocycles. The van der Waals surface area contributed by atoms with Crippen molar-refractivity contribution in [1.82, 2.24) is 24.9 Å². The van der Waals surface area contributed by atoms with Crippen LogP contribution in [0.25, 0.3) is 11.3 Å². The summed E-state index contributed by atoms with van der Waals surface area (Å²) in [5.41, 5.74) is 3.36. The van der Waals surface area contributed by atoms with Crippen molar-refractivity contribution in [3.63, 3.8) is 0 Å². The van der Waals surface area contributed by atoms with Gasteiger partial charge in [0.25, 0.3) is 0 Å². The first-order valence-electron chi connectivity index (χ1n) is 5.97. The van der Waals surface area contributed by atoms with Crippen LogP contribution in [-0.4, -0.2) is 25.6 Å². The van der Waals surface area contributed by atoms with Crippen molar-refractivity contribution in [2.75, 3.05) is 0 Å². The zero-order chi connectivity index (χ0) is 11.8. The maximum atomic E-state index is 4.52. The average molecular weight is 231 g/mol. The van der Waals surface area contributed by atoms with Crippen LogP contribution in [0.3, 0.4) is 0 Å². The predicted octanol–water partition coefficient (Wildman–Crippen LogP) is 1.07. The van der Waals surface area contributed by atoms with E-state index in [2.05, 4.69) is 21.7 Å². The van der Waals surface area contributed by atoms with Crippen LogP contribution < -0.4 is 5.32 Å². The molecule has 1 aliphatic rings. The highest BCUT2D eigenvalue weighted by molar-refractivity contribution is 5.60. The molecule has 0 bridgehead atoms. The SMILES string of the molecule is Cn1cc(-c2nn(C)cc2CNC2CC2)cn1. The standard InChI is InChI=1S/C12H17N5/c1-16-7-10(6-14-16)12-9(8-17(2)15-12)5-13-11-3-4-11/h6-8,11,13H,3-5H2,1-2H3. The predicted molar refractivity (Wildman–Crippen MR) is 65.3 cm³/mol. The van der Waals surface area contributed by atoms with E-state index in [0.29, 0.717) is 0 Å². The fourth-order valence-corrected chi connectivity index (χ4v) is 2.00. The highest BCUT2D eigenvalue weighted by Gasteiger charge is 2.21. The number of aromatic nitrogens is 4. The Labute approximate surface area is 100 Å². The molecule has 5 nitrogen and oxygen atoms in total. The Morgan fingerprint density at radius 1 is 1.29 bits per heavy atom. The second-order valence-electron chi connectivity index (χ2n) is 4.73. The molecule has 5 heteroatoms. The summed E-state index contributed by atoms with van der Waals surface area (Å²) in [7, 11) is 3.88. The van der Waals surface area contributed by atoms with Gasteiger partial charge in [-0.1, -0.05) is 0 Å². The maximum absolute atomic E-state index is 4.52. The number of nitrogens with zero attached hydrogens (tertiary/aromatic N) is 4. The second kappa shape index (κ2) is 4.00. The summed E-state index contributed by atoms with van der Waals surface area (Å²) in [5, 5.41) is 12.2. The molecule has 1 N–H and O–H groups in total. The number of rotatable bonds is 4. The van der Waals surface area contributed by atoms with Crippen molar-refractivity contribution in [1.29, 1.82) is 0 Å². The normalized spacial score (nSPS) is 15.4. The maximum Gasteiger partial charge on any atom is 0.0999 e. The molecule has 3 rings (SSSR count). The molecule has 1 fully saturated rings. The summed E-state index contributed by atoms with van der Waals surface area (Å²) < 4.78 is 3.67. The Bertz CT molecular complexity index is 521. The van der Waals surface area contributed by atoms with Gasteiger partial charge in [0, 0.05) is 50.2 Å². The van der Waals surface area contributed by atoms with Gasteiger partial charge in [0.2, 0.25) is 0 Å². The molecule has 2 aromatic rings. The quantitative estimate of drug-likeness (QED) is 0.856. The molecule has 90 valence electrons. The summed E-state index contributed by atoms with van der Waals surface area (Å²) in [6.45, 7) is 0.892. The third-order valence-electron chi connectivity index (χ3n) is 3.04. The fourth-order valence-electron chi connectivity index (χ4n) is 2.00. The van der Waals surface area contributed by atoms with Gasteiger partial charge in [-0.15, -0.1) is 0 Å². The average Bonchev–Trinajstić information content (AvgIpc) is 2.91. The van der Waals surface area contributed by atoms with Crippen molar-refractivity contribution in [2.24, 2.45) is 14.1 Å². The van der Waals surface area contributed by atoms with Gasteiger partial charge >= 0.3 is 0 Å². The van der Waals surface area contributed by atoms with Crippen molar-refractivity contribution in [3.05, 3.63) is 24.2 Å². The molecular weight excluding hydrogens is 214 g/mol. The van der Waals surface area contributed by atoms with E-state index < -0.39 is 0 Å². The number of aryl methyl sites for hydroxylation is 2. The fraction of sp³-hybridized carbons (Fsp3) is 0.500. The van der Waals surface area contributed by atoms with E-state index in [1.165, 1.54) is 18.4 Å². The monoisotopic (exact) mass is 231 g/mol. The van der Waals surface area contributed by atoms with Gasteiger partial charge in [0.05, 0.1) is 11.9 Å². The van der Waals surface area contributed by atoms with E-state index >= 15 is 0 Å². The first kappa shape index (κ1) is 10.5. The van der Waals surface area contributed by atoms with E-state index in [0.717, 1.165) is 23.8 Å². The Morgan fingerprint density at radius 2 is 2.12 bits per heavy atom. The Hall–Kier alpha value is -1.62. The largest absolute Gasteiger partial charge is 0.310 e. The first-order chi connectivity index (χ1) is 8.22. The van der Waals surface area contributed by atoms with Gasteiger partial charge in [-0.25, -0.2) is 0 Å². The minimum Gasteiger partial charge on any atom is -0.310 e. The van der Waals surface area contributed by atoms with Crippen molar-refractivity contribution in [3.8, 4) is 11.3 Å². The molecule has 1 aliphatic carbocycles. The zero-order valence-corrected chi connectivity index (χ0v) is 10.2. The van der Waals surface area contributed by atoms with Crippen molar-refractivity contribution >= 4 is 0 Å². The molecule has 0 radical (unpaired) electrons. The van der Waals surface area contributed by atoms with Crippen LogP contribution in [0.2, 0.25) is 0 Å². The molecule has 2 heterocycles. The third kappa shape index (κ3) is 2.24. The van der Waals surface area contributed by atoms with Crippen LogP contribution in [0.1, 0.15) is 18.4 Å². The Kier molecular flexibility index (Phi) is 2.48. The topological polar surface area (TPSA) is 47.7 Å². The van der Waals surface area contributed by atoms with Crippen molar-refractivity contribution in [2.45, 2.75) is 25.4 Å². The number of hydrogen-bond acceptors (Lipinski definition) is 3. The Balaban J connectivity index is 1.86. The van der Waals surface area contributed by atoms with Crippen molar-refractivity contribution < 1.29 is 0 Å². The molecule has 0 aliphatic heterocycles. The van der Waals surface area contributed by atoms with Gasteiger partial charge in [0.1, 0.15) is 0 Å². The molecular formula is C12H17N5. The van der Waals surface area contributed by atoms with E-state index in [-0.39, 0.29) is 0 Å². The van der Waals surface area contributed by atoms with Crippen LogP contribution in [-0.2, 0) is 20.6 Å². The van der Waals surface area contributed by atoms with Gasteiger partial charge in [-0.2, -0.15) is 10.2 Å². The van der Waals surface area contributed by atoms with Crippen LogP contribution in [0.15, 0.2) is 18.6 Å². The lowest BCUT2D eigenvalue weighted by atomic mass is 10.1. The van der Waals surface area contributed by atoms with Crippen LogP contribution in [0.4, 0.5) is 0 Å². The second-order valence-corrected chi connectivity index (χ2v) is 4.73. The lowest BCUT2D eigenvalue weighted by Gasteiger charge is -2.01. The van der Waals surface area contributed by atoms with E-state index in [4.69, 9.17) is 0 Å². The van der Waals surface area contributed by atoms with E-state index in [1.807, 2.05) is 35.9 Å². The summed E-state index contributed by atoms with van der Waals surface area (Å²) in [6, 6.07) is 0.719. The number of hydrogen-bond donors (Lipinski definition) is 1. The van der Waals surface area contributed by atoms with Gasteiger partial charge in [-0.3, -0.25) is 9.36 Å². The van der Waals surface area contributed by atoms with E-state index in [9.17, 15) is 0 Å². The molecule has 0 unspecified atom stereocenters. The van der Waals surface area contributed by atoms with Crippen LogP contribution >= 0.6 is 0 Å². The van der Waals surface area contributed by atoms with Gasteiger partial charge < -0.3 is 5.32 Å². The van der Waals surface area contributed by atoms with Crippen LogP contribution in [0.5, 0.6) is 0 Å². The van der Waals surface area contributed by atoms with E-state index in [1.54, 1.807) is 0 Å².